The highest BCUT2D eigenvalue weighted by Crippen LogP contribution is 2.29. The van der Waals surface area contributed by atoms with Crippen molar-refractivity contribution >= 4 is 17.4 Å². The van der Waals surface area contributed by atoms with E-state index in [1.807, 2.05) is 43.3 Å². The summed E-state index contributed by atoms with van der Waals surface area (Å²) < 4.78 is 7.24. The van der Waals surface area contributed by atoms with Gasteiger partial charge in [-0.1, -0.05) is 12.1 Å². The summed E-state index contributed by atoms with van der Waals surface area (Å²) in [4.78, 5) is 22.4. The minimum Gasteiger partial charge on any atom is -0.495 e. The van der Waals surface area contributed by atoms with E-state index in [9.17, 15) is 0 Å². The number of benzene rings is 1. The molecule has 0 atom stereocenters. The summed E-state index contributed by atoms with van der Waals surface area (Å²) in [6, 6.07) is 13.7. The average molecular weight is 481 g/mol. The van der Waals surface area contributed by atoms with Gasteiger partial charge in [-0.25, -0.2) is 9.97 Å². The maximum absolute atomic E-state index is 5.54. The van der Waals surface area contributed by atoms with Gasteiger partial charge in [0.15, 0.2) is 5.82 Å². The number of methoxy groups -OCH3 is 1. The molecule has 0 N–H and O–H groups in total. The molecular formula is C25H24N10O. The lowest BCUT2D eigenvalue weighted by molar-refractivity contribution is 0.413. The number of anilines is 2. The van der Waals surface area contributed by atoms with Gasteiger partial charge >= 0.3 is 0 Å². The normalized spacial score (nSPS) is 13.8. The van der Waals surface area contributed by atoms with Crippen LogP contribution in [0.3, 0.4) is 0 Å². The van der Waals surface area contributed by atoms with Gasteiger partial charge in [0.25, 0.3) is 5.78 Å². The molecule has 5 aromatic rings. The smallest absolute Gasteiger partial charge is 0.272 e. The fraction of sp³-hybridized carbons (Fsp3) is 0.240. The maximum atomic E-state index is 5.54. The molecular weight excluding hydrogens is 456 g/mol. The molecule has 6 rings (SSSR count). The zero-order valence-electron chi connectivity index (χ0n) is 20.0. The molecule has 0 amide bonds. The lowest BCUT2D eigenvalue weighted by Gasteiger charge is -2.36. The van der Waals surface area contributed by atoms with Gasteiger partial charge < -0.3 is 14.5 Å². The first kappa shape index (κ1) is 21.8. The molecule has 1 aliphatic rings. The number of pyridine rings is 1. The third kappa shape index (κ3) is 3.94. The Morgan fingerprint density at radius 2 is 1.61 bits per heavy atom. The summed E-state index contributed by atoms with van der Waals surface area (Å²) in [5.41, 5.74) is 4.11. The van der Waals surface area contributed by atoms with Crippen molar-refractivity contribution in [2.75, 3.05) is 43.1 Å². The molecule has 1 saturated heterocycles. The average Bonchev–Trinajstić information content (AvgIpc) is 3.39. The zero-order valence-corrected chi connectivity index (χ0v) is 20.0. The fourth-order valence-corrected chi connectivity index (χ4v) is 4.39. The van der Waals surface area contributed by atoms with E-state index in [4.69, 9.17) is 9.72 Å². The van der Waals surface area contributed by atoms with E-state index in [2.05, 4.69) is 46.1 Å². The van der Waals surface area contributed by atoms with Crippen LogP contribution in [0.5, 0.6) is 5.75 Å². The molecule has 4 aromatic heterocycles. The van der Waals surface area contributed by atoms with Crippen molar-refractivity contribution in [3.8, 4) is 28.5 Å². The van der Waals surface area contributed by atoms with Gasteiger partial charge in [0.2, 0.25) is 5.95 Å². The largest absolute Gasteiger partial charge is 0.495 e. The minimum absolute atomic E-state index is 0.435. The van der Waals surface area contributed by atoms with E-state index in [0.717, 1.165) is 48.9 Å². The van der Waals surface area contributed by atoms with Crippen LogP contribution in [0.1, 0.15) is 5.69 Å². The SMILES string of the molecule is COc1ccccc1N1CCN(c2nccc(-c3nnc4nc(-c5ccncc5)nn4c3C)n2)CC1. The number of aromatic nitrogens is 8. The van der Waals surface area contributed by atoms with Gasteiger partial charge in [-0.05, 0) is 37.3 Å². The molecule has 0 bridgehead atoms. The minimum atomic E-state index is 0.435. The Morgan fingerprint density at radius 1 is 0.833 bits per heavy atom. The van der Waals surface area contributed by atoms with Crippen molar-refractivity contribution < 1.29 is 4.74 Å². The topological polar surface area (TPSA) is 110 Å². The van der Waals surface area contributed by atoms with E-state index in [1.165, 1.54) is 0 Å². The van der Waals surface area contributed by atoms with E-state index in [-0.39, 0.29) is 0 Å². The lowest BCUT2D eigenvalue weighted by Crippen LogP contribution is -2.47. The van der Waals surface area contributed by atoms with Gasteiger partial charge in [-0.15, -0.1) is 15.3 Å². The van der Waals surface area contributed by atoms with Crippen molar-refractivity contribution in [2.24, 2.45) is 0 Å². The van der Waals surface area contributed by atoms with Crippen LogP contribution in [0.2, 0.25) is 0 Å². The number of fused-ring (bicyclic) bond motifs is 1. The molecule has 1 aliphatic heterocycles. The van der Waals surface area contributed by atoms with Crippen molar-refractivity contribution in [2.45, 2.75) is 6.92 Å². The number of nitrogens with zero attached hydrogens (tertiary/aromatic N) is 10. The van der Waals surface area contributed by atoms with Crippen molar-refractivity contribution in [3.63, 3.8) is 0 Å². The maximum Gasteiger partial charge on any atom is 0.272 e. The van der Waals surface area contributed by atoms with E-state index < -0.39 is 0 Å². The first-order valence-electron chi connectivity index (χ1n) is 11.7. The standard InChI is InChI=1S/C25H24N10O/c1-17-22(30-31-25-29-23(32-35(17)25)18-7-10-26-11-8-18)19-9-12-27-24(28-19)34-15-13-33(14-16-34)20-5-3-4-6-21(20)36-2/h3-12H,13-16H2,1-2H3. The van der Waals surface area contributed by atoms with E-state index >= 15 is 0 Å². The predicted molar refractivity (Wildman–Crippen MR) is 135 cm³/mol. The van der Waals surface area contributed by atoms with Crippen LogP contribution in [0.4, 0.5) is 11.6 Å². The fourth-order valence-electron chi connectivity index (χ4n) is 4.39. The Morgan fingerprint density at radius 3 is 2.42 bits per heavy atom. The molecule has 11 nitrogen and oxygen atoms in total. The van der Waals surface area contributed by atoms with Gasteiger partial charge in [0.05, 0.1) is 24.2 Å². The zero-order chi connectivity index (χ0) is 24.5. The highest BCUT2D eigenvalue weighted by molar-refractivity contribution is 5.62. The van der Waals surface area contributed by atoms with Crippen LogP contribution in [-0.2, 0) is 0 Å². The molecule has 0 saturated carbocycles. The van der Waals surface area contributed by atoms with Crippen LogP contribution in [0, 0.1) is 6.92 Å². The molecule has 0 aliphatic carbocycles. The third-order valence-electron chi connectivity index (χ3n) is 6.30. The Kier molecular flexibility index (Phi) is 5.56. The van der Waals surface area contributed by atoms with Crippen molar-refractivity contribution in [1.82, 2.24) is 39.7 Å². The molecule has 180 valence electrons. The second kappa shape index (κ2) is 9.17. The second-order valence-electron chi connectivity index (χ2n) is 8.40. The third-order valence-corrected chi connectivity index (χ3v) is 6.30. The highest BCUT2D eigenvalue weighted by atomic mass is 16.5. The molecule has 0 radical (unpaired) electrons. The molecule has 11 heteroatoms. The van der Waals surface area contributed by atoms with Gasteiger partial charge in [0, 0.05) is 50.3 Å². The number of hydrogen-bond acceptors (Lipinski definition) is 10. The number of para-hydroxylation sites is 2. The summed E-state index contributed by atoms with van der Waals surface area (Å²) in [6.07, 6.45) is 5.19. The molecule has 1 aromatic carbocycles. The van der Waals surface area contributed by atoms with Crippen molar-refractivity contribution in [3.05, 3.63) is 66.7 Å². The number of ether oxygens (including phenoxy) is 1. The number of aryl methyl sites for hydroxylation is 1. The quantitative estimate of drug-likeness (QED) is 0.372. The van der Waals surface area contributed by atoms with Gasteiger partial charge in [0.1, 0.15) is 11.4 Å². The predicted octanol–water partition coefficient (Wildman–Crippen LogP) is 2.68. The molecule has 0 spiro atoms. The monoisotopic (exact) mass is 480 g/mol. The summed E-state index contributed by atoms with van der Waals surface area (Å²) in [6.45, 7) is 5.22. The van der Waals surface area contributed by atoms with Crippen LogP contribution >= 0.6 is 0 Å². The number of rotatable bonds is 5. The molecule has 36 heavy (non-hydrogen) atoms. The number of hydrogen-bond donors (Lipinski definition) is 0. The lowest BCUT2D eigenvalue weighted by atomic mass is 10.2. The first-order chi connectivity index (χ1) is 17.7. The Balaban J connectivity index is 1.25. The summed E-state index contributed by atoms with van der Waals surface area (Å²) in [5, 5.41) is 13.4. The number of piperazine rings is 1. The Labute approximate surface area is 207 Å². The molecule has 5 heterocycles. The summed E-state index contributed by atoms with van der Waals surface area (Å²) >= 11 is 0. The summed E-state index contributed by atoms with van der Waals surface area (Å²) in [5.74, 6) is 2.56. The Hall–Kier alpha value is -4.67. The van der Waals surface area contributed by atoms with E-state index in [0.29, 0.717) is 28.9 Å². The summed E-state index contributed by atoms with van der Waals surface area (Å²) in [7, 11) is 1.70. The van der Waals surface area contributed by atoms with Gasteiger partial charge in [-0.2, -0.15) is 9.50 Å². The first-order valence-corrected chi connectivity index (χ1v) is 11.7. The highest BCUT2D eigenvalue weighted by Gasteiger charge is 2.22. The van der Waals surface area contributed by atoms with Crippen molar-refractivity contribution in [1.29, 1.82) is 0 Å². The molecule has 1 fully saturated rings. The second-order valence-corrected chi connectivity index (χ2v) is 8.40. The van der Waals surface area contributed by atoms with Crippen LogP contribution in [0.15, 0.2) is 61.1 Å². The van der Waals surface area contributed by atoms with Crippen LogP contribution in [0.25, 0.3) is 28.6 Å². The Bertz CT molecular complexity index is 1510. The van der Waals surface area contributed by atoms with Gasteiger partial charge in [-0.3, -0.25) is 4.98 Å². The molecule has 0 unspecified atom stereocenters. The van der Waals surface area contributed by atoms with Crippen LogP contribution < -0.4 is 14.5 Å². The van der Waals surface area contributed by atoms with E-state index in [1.54, 1.807) is 30.2 Å². The van der Waals surface area contributed by atoms with Crippen LogP contribution in [-0.4, -0.2) is 73.0 Å².